The highest BCUT2D eigenvalue weighted by Gasteiger charge is 2.49. The fourth-order valence-electron chi connectivity index (χ4n) is 7.61. The molecule has 3 N–H and O–H groups in total. The molecule has 2 aliphatic rings. The first-order valence-corrected chi connectivity index (χ1v) is 16.2. The van der Waals surface area contributed by atoms with Crippen molar-refractivity contribution in [3.05, 3.63) is 81.7 Å². The van der Waals surface area contributed by atoms with Crippen molar-refractivity contribution in [2.75, 3.05) is 31.6 Å². The number of alkyl halides is 1. The molecule has 6 aromatic rings. The first-order chi connectivity index (χ1) is 23.7. The third-order valence-electron chi connectivity index (χ3n) is 9.88. The zero-order valence-corrected chi connectivity index (χ0v) is 26.6. The van der Waals surface area contributed by atoms with Crippen molar-refractivity contribution in [2.24, 2.45) is 0 Å². The molecule has 2 fully saturated rings. The standard InChI is InChI=1S/C37H32F2N6O4/c1-3-25-28(39)8-7-21-14-24(46)15-27(29(21)25)32-20(2)31-30(35(47)49-32)34(41-12-9-22-17-42-33-26(22)6-4-11-40-33)44-36(43-31)48-19-37-10-5-13-45(37)18-23(38)16-37/h1,4,6-8,11,14-15,17,23,46H,5,9-10,12-13,16,18-19H2,2H3,(H,40,42)(H,41,43,44)/t23-,37+/m1/s1. The van der Waals surface area contributed by atoms with E-state index in [0.29, 0.717) is 42.3 Å². The molecule has 4 aromatic heterocycles. The average Bonchev–Trinajstić information content (AvgIpc) is 3.77. The number of benzene rings is 2. The Morgan fingerprint density at radius 3 is 3.00 bits per heavy atom. The summed E-state index contributed by atoms with van der Waals surface area (Å²) in [4.78, 5) is 32.8. The quantitative estimate of drug-likeness (QED) is 0.168. The number of aromatic amines is 1. The number of H-pyrrole nitrogens is 1. The van der Waals surface area contributed by atoms with E-state index in [1.54, 1.807) is 13.1 Å². The van der Waals surface area contributed by atoms with E-state index in [0.717, 1.165) is 36.0 Å². The maximum Gasteiger partial charge on any atom is 0.349 e. The molecule has 2 atom stereocenters. The van der Waals surface area contributed by atoms with Gasteiger partial charge in [-0.05, 0) is 74.0 Å². The number of phenols is 1. The monoisotopic (exact) mass is 662 g/mol. The summed E-state index contributed by atoms with van der Waals surface area (Å²) in [5.74, 6) is 1.94. The third kappa shape index (κ3) is 5.21. The van der Waals surface area contributed by atoms with Crippen LogP contribution in [0.25, 0.3) is 44.0 Å². The second-order valence-electron chi connectivity index (χ2n) is 12.8. The number of terminal acetylenes is 1. The van der Waals surface area contributed by atoms with Crippen molar-refractivity contribution in [2.45, 2.75) is 44.3 Å². The molecule has 0 radical (unpaired) electrons. The zero-order valence-electron chi connectivity index (χ0n) is 26.6. The van der Waals surface area contributed by atoms with Gasteiger partial charge in [-0.2, -0.15) is 9.97 Å². The van der Waals surface area contributed by atoms with E-state index < -0.39 is 23.2 Å². The van der Waals surface area contributed by atoms with Gasteiger partial charge in [0.25, 0.3) is 0 Å². The van der Waals surface area contributed by atoms with Crippen LogP contribution >= 0.6 is 0 Å². The van der Waals surface area contributed by atoms with Crippen molar-refractivity contribution < 1.29 is 23.0 Å². The van der Waals surface area contributed by atoms with Crippen molar-refractivity contribution in [3.8, 4) is 35.4 Å². The number of aromatic nitrogens is 4. The highest BCUT2D eigenvalue weighted by Crippen LogP contribution is 2.41. The number of nitrogens with zero attached hydrogens (tertiary/aromatic N) is 4. The number of hydrogen-bond donors (Lipinski definition) is 3. The largest absolute Gasteiger partial charge is 0.508 e. The maximum atomic E-state index is 14.9. The highest BCUT2D eigenvalue weighted by atomic mass is 19.1. The SMILES string of the molecule is C#Cc1c(F)ccc2cc(O)cc(-c3oc(=O)c4c(NCCc5c[nH]c6ncccc56)nc(OC[C@@]56CCCN5C[C@H](F)C6)nc4c3C)c12. The van der Waals surface area contributed by atoms with Crippen LogP contribution in [0.1, 0.15) is 36.0 Å². The molecule has 248 valence electrons. The molecule has 0 unspecified atom stereocenters. The van der Waals surface area contributed by atoms with Crippen molar-refractivity contribution in [3.63, 3.8) is 0 Å². The van der Waals surface area contributed by atoms with Crippen molar-refractivity contribution in [1.82, 2.24) is 24.8 Å². The summed E-state index contributed by atoms with van der Waals surface area (Å²) in [6, 6.07) is 9.45. The van der Waals surface area contributed by atoms with Gasteiger partial charge in [0.15, 0.2) is 0 Å². The first-order valence-electron chi connectivity index (χ1n) is 16.2. The predicted octanol–water partition coefficient (Wildman–Crippen LogP) is 6.02. The smallest absolute Gasteiger partial charge is 0.349 e. The van der Waals surface area contributed by atoms with Crippen LogP contribution in [0, 0.1) is 25.1 Å². The number of hydrogen-bond acceptors (Lipinski definition) is 9. The number of nitrogens with one attached hydrogen (secondary N) is 2. The van der Waals surface area contributed by atoms with Gasteiger partial charge in [0.2, 0.25) is 0 Å². The molecule has 0 saturated carbocycles. The third-order valence-corrected chi connectivity index (χ3v) is 9.88. The van der Waals surface area contributed by atoms with Crippen LogP contribution in [0.2, 0.25) is 0 Å². The Morgan fingerprint density at radius 2 is 2.14 bits per heavy atom. The van der Waals surface area contributed by atoms with Gasteiger partial charge in [0, 0.05) is 53.8 Å². The molecular weight excluding hydrogens is 630 g/mol. The summed E-state index contributed by atoms with van der Waals surface area (Å²) < 4.78 is 41.6. The van der Waals surface area contributed by atoms with Crippen LogP contribution in [-0.4, -0.2) is 67.9 Å². The van der Waals surface area contributed by atoms with E-state index in [4.69, 9.17) is 20.6 Å². The predicted molar refractivity (Wildman–Crippen MR) is 182 cm³/mol. The highest BCUT2D eigenvalue weighted by molar-refractivity contribution is 6.03. The molecule has 6 heterocycles. The summed E-state index contributed by atoms with van der Waals surface area (Å²) in [6.45, 7) is 3.49. The van der Waals surface area contributed by atoms with Gasteiger partial charge in [-0.3, -0.25) is 4.90 Å². The molecule has 49 heavy (non-hydrogen) atoms. The topological polar surface area (TPSA) is 129 Å². The first kappa shape index (κ1) is 30.8. The van der Waals surface area contributed by atoms with Crippen molar-refractivity contribution >= 4 is 38.5 Å². The van der Waals surface area contributed by atoms with Crippen LogP contribution < -0.4 is 15.7 Å². The van der Waals surface area contributed by atoms with Gasteiger partial charge in [0.1, 0.15) is 47.0 Å². The molecule has 2 aliphatic heterocycles. The number of rotatable bonds is 8. The molecule has 0 amide bonds. The number of fused-ring (bicyclic) bond motifs is 4. The van der Waals surface area contributed by atoms with E-state index in [1.807, 2.05) is 18.3 Å². The number of ether oxygens (including phenoxy) is 1. The molecular formula is C37H32F2N6O4. The zero-order chi connectivity index (χ0) is 33.9. The number of aryl methyl sites for hydroxylation is 1. The lowest BCUT2D eigenvalue weighted by Gasteiger charge is -2.30. The molecule has 0 aliphatic carbocycles. The summed E-state index contributed by atoms with van der Waals surface area (Å²) in [5, 5.41) is 15.8. The summed E-state index contributed by atoms with van der Waals surface area (Å²) >= 11 is 0. The number of pyridine rings is 1. The number of halogens is 2. The van der Waals surface area contributed by atoms with E-state index >= 15 is 0 Å². The molecule has 10 nitrogen and oxygen atoms in total. The molecule has 0 spiro atoms. The maximum absolute atomic E-state index is 14.9. The molecule has 12 heteroatoms. The summed E-state index contributed by atoms with van der Waals surface area (Å²) in [6.07, 6.45) is 11.1. The van der Waals surface area contributed by atoms with E-state index in [1.165, 1.54) is 24.3 Å². The Balaban J connectivity index is 1.24. The van der Waals surface area contributed by atoms with Gasteiger partial charge in [-0.1, -0.05) is 12.0 Å². The van der Waals surface area contributed by atoms with Crippen LogP contribution in [0.15, 0.2) is 58.0 Å². The number of anilines is 1. The fourth-order valence-corrected chi connectivity index (χ4v) is 7.61. The minimum Gasteiger partial charge on any atom is -0.508 e. The number of aromatic hydroxyl groups is 1. The molecule has 0 bridgehead atoms. The summed E-state index contributed by atoms with van der Waals surface area (Å²) in [7, 11) is 0. The average molecular weight is 663 g/mol. The van der Waals surface area contributed by atoms with Gasteiger partial charge < -0.3 is 24.6 Å². The second-order valence-corrected chi connectivity index (χ2v) is 12.8. The molecule has 2 saturated heterocycles. The van der Waals surface area contributed by atoms with E-state index in [-0.39, 0.29) is 52.0 Å². The summed E-state index contributed by atoms with van der Waals surface area (Å²) in [5.41, 5.74) is 1.51. The Morgan fingerprint density at radius 1 is 1.27 bits per heavy atom. The van der Waals surface area contributed by atoms with Crippen LogP contribution in [0.4, 0.5) is 14.6 Å². The van der Waals surface area contributed by atoms with Crippen LogP contribution in [0.3, 0.4) is 0 Å². The normalized spacial score (nSPS) is 19.1. The molecule has 8 rings (SSSR count). The Hall–Kier alpha value is -5.54. The van der Waals surface area contributed by atoms with Gasteiger partial charge in [0.05, 0.1) is 16.6 Å². The van der Waals surface area contributed by atoms with Crippen LogP contribution in [0.5, 0.6) is 11.8 Å². The Bertz CT molecular complexity index is 2380. The lowest BCUT2D eigenvalue weighted by Crippen LogP contribution is -2.43. The van der Waals surface area contributed by atoms with E-state index in [2.05, 4.69) is 31.1 Å². The Kier molecular flexibility index (Phi) is 7.45. The van der Waals surface area contributed by atoms with E-state index in [9.17, 15) is 18.7 Å². The van der Waals surface area contributed by atoms with Crippen LogP contribution in [-0.2, 0) is 6.42 Å². The van der Waals surface area contributed by atoms with Crippen molar-refractivity contribution in [1.29, 1.82) is 0 Å². The second kappa shape index (κ2) is 11.9. The van der Waals surface area contributed by atoms with Gasteiger partial charge in [-0.25, -0.2) is 18.6 Å². The lowest BCUT2D eigenvalue weighted by atomic mass is 9.95. The Labute approximate surface area is 279 Å². The lowest BCUT2D eigenvalue weighted by molar-refractivity contribution is 0.107. The minimum absolute atomic E-state index is 0.0191. The van der Waals surface area contributed by atoms with Gasteiger partial charge >= 0.3 is 11.6 Å². The number of phenolic OH excluding ortho intramolecular Hbond substituents is 1. The molecule has 2 aromatic carbocycles. The fraction of sp³-hybridized carbons (Fsp3) is 0.297. The minimum atomic E-state index is -0.928. The van der Waals surface area contributed by atoms with Gasteiger partial charge in [-0.15, -0.1) is 6.42 Å².